The molecule has 3 nitrogen and oxygen atoms in total. The standard InChI is InChI=1S/C13H19FN2O/c1-9(7-15-3)8-16-13(17)12-5-4-11(14)6-10(12)2/h4-6,9,15H,7-8H2,1-3H3,(H,16,17). The molecule has 0 aliphatic heterocycles. The fourth-order valence-electron chi connectivity index (χ4n) is 1.66. The van der Waals surface area contributed by atoms with Gasteiger partial charge in [-0.3, -0.25) is 4.79 Å². The number of rotatable bonds is 5. The summed E-state index contributed by atoms with van der Waals surface area (Å²) in [7, 11) is 1.88. The number of carbonyl (C=O) groups is 1. The lowest BCUT2D eigenvalue weighted by Gasteiger charge is -2.12. The van der Waals surface area contributed by atoms with Gasteiger partial charge in [0.1, 0.15) is 5.82 Å². The Morgan fingerprint density at radius 2 is 2.12 bits per heavy atom. The molecular weight excluding hydrogens is 219 g/mol. The molecule has 0 saturated heterocycles. The fourth-order valence-corrected chi connectivity index (χ4v) is 1.66. The van der Waals surface area contributed by atoms with E-state index in [2.05, 4.69) is 10.6 Å². The quantitative estimate of drug-likeness (QED) is 0.820. The second-order valence-corrected chi connectivity index (χ2v) is 4.33. The first-order valence-electron chi connectivity index (χ1n) is 5.73. The first-order chi connectivity index (χ1) is 8.04. The van der Waals surface area contributed by atoms with Gasteiger partial charge in [0, 0.05) is 12.1 Å². The highest BCUT2D eigenvalue weighted by Crippen LogP contribution is 2.09. The van der Waals surface area contributed by atoms with Crippen LogP contribution in [0.5, 0.6) is 0 Å². The zero-order chi connectivity index (χ0) is 12.8. The summed E-state index contributed by atoms with van der Waals surface area (Å²) in [5, 5.41) is 5.89. The zero-order valence-electron chi connectivity index (χ0n) is 10.5. The Labute approximate surface area is 101 Å². The Morgan fingerprint density at radius 3 is 2.71 bits per heavy atom. The third kappa shape index (κ3) is 4.15. The normalized spacial score (nSPS) is 12.2. The lowest BCUT2D eigenvalue weighted by molar-refractivity contribution is 0.0947. The van der Waals surface area contributed by atoms with Crippen LogP contribution in [0.1, 0.15) is 22.8 Å². The van der Waals surface area contributed by atoms with Crippen LogP contribution in [-0.4, -0.2) is 26.0 Å². The Kier molecular flexibility index (Phi) is 5.10. The lowest BCUT2D eigenvalue weighted by Crippen LogP contribution is -2.32. The smallest absolute Gasteiger partial charge is 0.251 e. The highest BCUT2D eigenvalue weighted by molar-refractivity contribution is 5.95. The summed E-state index contributed by atoms with van der Waals surface area (Å²) in [6.07, 6.45) is 0. The minimum absolute atomic E-state index is 0.148. The maximum absolute atomic E-state index is 12.9. The van der Waals surface area contributed by atoms with Crippen LogP contribution < -0.4 is 10.6 Å². The third-order valence-corrected chi connectivity index (χ3v) is 2.60. The number of amides is 1. The Balaban J connectivity index is 2.58. The van der Waals surface area contributed by atoms with Crippen LogP contribution >= 0.6 is 0 Å². The van der Waals surface area contributed by atoms with E-state index in [9.17, 15) is 9.18 Å². The van der Waals surface area contributed by atoms with Gasteiger partial charge in [0.25, 0.3) is 5.91 Å². The minimum atomic E-state index is -0.317. The van der Waals surface area contributed by atoms with Crippen LogP contribution in [0.25, 0.3) is 0 Å². The maximum Gasteiger partial charge on any atom is 0.251 e. The molecule has 4 heteroatoms. The molecule has 0 heterocycles. The highest BCUT2D eigenvalue weighted by atomic mass is 19.1. The molecule has 0 aliphatic rings. The summed E-state index contributed by atoms with van der Waals surface area (Å²) >= 11 is 0. The molecule has 1 amide bonds. The van der Waals surface area contributed by atoms with Crippen LogP contribution in [0.4, 0.5) is 4.39 Å². The van der Waals surface area contributed by atoms with Gasteiger partial charge in [-0.05, 0) is 50.2 Å². The number of carbonyl (C=O) groups excluding carboxylic acids is 1. The van der Waals surface area contributed by atoms with Gasteiger partial charge in [-0.1, -0.05) is 6.92 Å². The molecule has 1 rings (SSSR count). The van der Waals surface area contributed by atoms with Gasteiger partial charge < -0.3 is 10.6 Å². The van der Waals surface area contributed by atoms with E-state index in [4.69, 9.17) is 0 Å². The summed E-state index contributed by atoms with van der Waals surface area (Å²) in [4.78, 5) is 11.8. The van der Waals surface area contributed by atoms with Gasteiger partial charge in [0.05, 0.1) is 0 Å². The highest BCUT2D eigenvalue weighted by Gasteiger charge is 2.10. The summed E-state index contributed by atoms with van der Waals surface area (Å²) in [5.41, 5.74) is 1.19. The number of nitrogens with one attached hydrogen (secondary N) is 2. The van der Waals surface area contributed by atoms with Crippen LogP contribution in [0.15, 0.2) is 18.2 Å². The average molecular weight is 238 g/mol. The summed E-state index contributed by atoms with van der Waals surface area (Å²) in [6, 6.07) is 4.19. The molecule has 94 valence electrons. The largest absolute Gasteiger partial charge is 0.352 e. The summed E-state index contributed by atoms with van der Waals surface area (Å²) in [6.45, 7) is 5.24. The van der Waals surface area contributed by atoms with Crippen molar-refractivity contribution in [1.82, 2.24) is 10.6 Å². The van der Waals surface area contributed by atoms with Crippen molar-refractivity contribution in [2.75, 3.05) is 20.1 Å². The summed E-state index contributed by atoms with van der Waals surface area (Å²) in [5.74, 6) is -0.0993. The first-order valence-corrected chi connectivity index (χ1v) is 5.73. The molecule has 0 aromatic heterocycles. The molecule has 1 atom stereocenters. The Hall–Kier alpha value is -1.42. The van der Waals surface area contributed by atoms with Crippen molar-refractivity contribution in [3.8, 4) is 0 Å². The van der Waals surface area contributed by atoms with Crippen molar-refractivity contribution in [2.45, 2.75) is 13.8 Å². The van der Waals surface area contributed by atoms with Crippen molar-refractivity contribution < 1.29 is 9.18 Å². The SMILES string of the molecule is CNCC(C)CNC(=O)c1ccc(F)cc1C. The molecule has 2 N–H and O–H groups in total. The second kappa shape index (κ2) is 6.35. The topological polar surface area (TPSA) is 41.1 Å². The number of hydrogen-bond donors (Lipinski definition) is 2. The molecule has 1 unspecified atom stereocenters. The van der Waals surface area contributed by atoms with Crippen molar-refractivity contribution in [2.24, 2.45) is 5.92 Å². The minimum Gasteiger partial charge on any atom is -0.352 e. The zero-order valence-corrected chi connectivity index (χ0v) is 10.5. The molecule has 1 aromatic carbocycles. The van der Waals surface area contributed by atoms with E-state index in [1.807, 2.05) is 14.0 Å². The Morgan fingerprint density at radius 1 is 1.41 bits per heavy atom. The molecule has 0 spiro atoms. The van der Waals surface area contributed by atoms with Gasteiger partial charge in [0.15, 0.2) is 0 Å². The third-order valence-electron chi connectivity index (χ3n) is 2.60. The summed E-state index contributed by atoms with van der Waals surface area (Å²) < 4.78 is 12.9. The first kappa shape index (κ1) is 13.6. The number of hydrogen-bond acceptors (Lipinski definition) is 2. The van der Waals surface area contributed by atoms with E-state index in [0.29, 0.717) is 23.6 Å². The van der Waals surface area contributed by atoms with Gasteiger partial charge in [-0.2, -0.15) is 0 Å². The average Bonchev–Trinajstić information content (AvgIpc) is 2.26. The van der Waals surface area contributed by atoms with E-state index in [0.717, 1.165) is 6.54 Å². The Bertz CT molecular complexity index is 393. The molecule has 0 aliphatic carbocycles. The van der Waals surface area contributed by atoms with Gasteiger partial charge in [-0.15, -0.1) is 0 Å². The molecule has 0 saturated carbocycles. The van der Waals surface area contributed by atoms with Crippen molar-refractivity contribution in [3.63, 3.8) is 0 Å². The molecular formula is C13H19FN2O. The van der Waals surface area contributed by atoms with Gasteiger partial charge >= 0.3 is 0 Å². The van der Waals surface area contributed by atoms with E-state index >= 15 is 0 Å². The second-order valence-electron chi connectivity index (χ2n) is 4.33. The number of aryl methyl sites for hydroxylation is 1. The van der Waals surface area contributed by atoms with Crippen LogP contribution in [-0.2, 0) is 0 Å². The van der Waals surface area contributed by atoms with E-state index < -0.39 is 0 Å². The van der Waals surface area contributed by atoms with Crippen molar-refractivity contribution in [1.29, 1.82) is 0 Å². The van der Waals surface area contributed by atoms with Gasteiger partial charge in [-0.25, -0.2) is 4.39 Å². The lowest BCUT2D eigenvalue weighted by atomic mass is 10.1. The maximum atomic E-state index is 12.9. The van der Waals surface area contributed by atoms with Crippen LogP contribution in [0.3, 0.4) is 0 Å². The molecule has 1 aromatic rings. The molecule has 0 radical (unpaired) electrons. The molecule has 0 bridgehead atoms. The number of halogens is 1. The van der Waals surface area contributed by atoms with Crippen molar-refractivity contribution in [3.05, 3.63) is 35.1 Å². The fraction of sp³-hybridized carbons (Fsp3) is 0.462. The van der Waals surface area contributed by atoms with Gasteiger partial charge in [0.2, 0.25) is 0 Å². The van der Waals surface area contributed by atoms with E-state index in [1.165, 1.54) is 18.2 Å². The molecule has 0 fully saturated rings. The van der Waals surface area contributed by atoms with Crippen molar-refractivity contribution >= 4 is 5.91 Å². The van der Waals surface area contributed by atoms with Crippen LogP contribution in [0.2, 0.25) is 0 Å². The van der Waals surface area contributed by atoms with E-state index in [-0.39, 0.29) is 11.7 Å². The monoisotopic (exact) mass is 238 g/mol. The number of benzene rings is 1. The predicted molar refractivity (Wildman–Crippen MR) is 66.6 cm³/mol. The van der Waals surface area contributed by atoms with Crippen LogP contribution in [0, 0.1) is 18.7 Å². The molecule has 17 heavy (non-hydrogen) atoms. The predicted octanol–water partition coefficient (Wildman–Crippen LogP) is 1.72. The van der Waals surface area contributed by atoms with E-state index in [1.54, 1.807) is 6.92 Å².